The summed E-state index contributed by atoms with van der Waals surface area (Å²) < 4.78 is 7.50. The van der Waals surface area contributed by atoms with Crippen LogP contribution in [0.25, 0.3) is 0 Å². The van der Waals surface area contributed by atoms with Gasteiger partial charge in [0.05, 0.1) is 0 Å². The minimum atomic E-state index is 0. The molecule has 0 aliphatic heterocycles. The van der Waals surface area contributed by atoms with E-state index in [0.717, 1.165) is 0 Å². The van der Waals surface area contributed by atoms with E-state index in [2.05, 4.69) is 20.5 Å². The Kier molecular flexibility index (Phi) is 16800. The van der Waals surface area contributed by atoms with Crippen LogP contribution in [-0.2, 0) is 4.65 Å². The minimum absolute atomic E-state index is 0. The van der Waals surface area contributed by atoms with Gasteiger partial charge in [0.1, 0.15) is 0 Å². The van der Waals surface area contributed by atoms with Gasteiger partial charge in [-0.1, -0.05) is 64.8 Å². The molecule has 0 N–H and O–H groups in total. The first kappa shape index (κ1) is 136. The van der Waals surface area contributed by atoms with E-state index < -0.39 is 0 Å². The first-order valence-corrected chi connectivity index (χ1v) is 1.62. The van der Waals surface area contributed by atoms with Crippen molar-refractivity contribution in [1.82, 2.24) is 0 Å². The van der Waals surface area contributed by atoms with Crippen LogP contribution in [0, 0.1) is 6.65 Å². The summed E-state index contributed by atoms with van der Waals surface area (Å²) in [5.41, 5.74) is 0. The zero-order chi connectivity index (χ0) is 4.71. The quantitative estimate of drug-likeness (QED) is 0.350. The number of rotatable bonds is 0. The maximum absolute atomic E-state index is 7.50. The maximum atomic E-state index is 7.50. The molecule has 11 heavy (non-hydrogen) atoms. The van der Waals surface area contributed by atoms with Crippen LogP contribution in [0.4, 0.5) is 0 Å². The number of hydrogen-bond acceptors (Lipinski definition) is 0. The fourth-order valence-electron chi connectivity index (χ4n) is 0. The Bertz CT molecular complexity index is 16.1. The van der Waals surface area contributed by atoms with E-state index in [4.69, 9.17) is 4.65 Å². The molecule has 0 amide bonds. The predicted molar refractivity (Wildman–Crippen MR) is 60.3 cm³/mol. The molecule has 0 aromatic heterocycles. The van der Waals surface area contributed by atoms with Gasteiger partial charge in [-0.15, -0.1) is 0 Å². The first-order chi connectivity index (χ1) is 2.41. The van der Waals surface area contributed by atoms with E-state index in [9.17, 15) is 0 Å². The third-order valence-electron chi connectivity index (χ3n) is 0. The summed E-state index contributed by atoms with van der Waals surface area (Å²) in [4.78, 5) is 0. The molecule has 0 atom stereocenters. The second-order valence-corrected chi connectivity index (χ2v) is 0.707. The van der Waals surface area contributed by atoms with Crippen molar-refractivity contribution < 1.29 is 4.65 Å². The van der Waals surface area contributed by atoms with Crippen LogP contribution in [0.5, 0.6) is 0 Å². The molecule has 1 nitrogen and oxygen atoms in total. The second-order valence-electron chi connectivity index (χ2n) is 0.707. The average molecular weight is 168 g/mol. The molecular weight excluding hydrogens is 136 g/mol. The van der Waals surface area contributed by atoms with Crippen molar-refractivity contribution in [1.29, 1.82) is 0 Å². The molecule has 1 heteroatoms. The van der Waals surface area contributed by atoms with Gasteiger partial charge >= 0.3 is 11.3 Å². The van der Waals surface area contributed by atoms with Crippen LogP contribution in [-0.4, -0.2) is 0 Å². The van der Waals surface area contributed by atoms with Crippen LogP contribution < -0.4 is 0 Å². The van der Waals surface area contributed by atoms with Gasteiger partial charge in [0.2, 0.25) is 0 Å². The Morgan fingerprint density at radius 3 is 0.727 bits per heavy atom. The molecule has 0 unspecified atom stereocenters. The van der Waals surface area contributed by atoms with Crippen molar-refractivity contribution >= 4 is 0 Å². The van der Waals surface area contributed by atoms with Crippen molar-refractivity contribution in [3.8, 4) is 0 Å². The molecule has 0 rings (SSSR count). The van der Waals surface area contributed by atoms with Gasteiger partial charge < -0.3 is 0 Å². The third-order valence-corrected chi connectivity index (χ3v) is 0. The van der Waals surface area contributed by atoms with Crippen LogP contribution in [0.2, 0.25) is 0 Å². The Hall–Kier alpha value is -0.260. The molecule has 0 fully saturated rings. The molecule has 0 bridgehead atoms. The molecule has 0 saturated heterocycles. The van der Waals surface area contributed by atoms with E-state index in [0.29, 0.717) is 0 Å². The summed E-state index contributed by atoms with van der Waals surface area (Å²) in [5, 5.41) is 0. The van der Waals surface area contributed by atoms with Crippen molar-refractivity contribution in [2.75, 3.05) is 0 Å². The van der Waals surface area contributed by atoms with Gasteiger partial charge in [0.15, 0.2) is 0 Å². The Morgan fingerprint density at radius 2 is 0.727 bits per heavy atom. The van der Waals surface area contributed by atoms with E-state index in [1.165, 1.54) is 6.42 Å². The van der Waals surface area contributed by atoms with Gasteiger partial charge in [-0.25, -0.2) is 0 Å². The molecule has 78 valence electrons. The summed E-state index contributed by atoms with van der Waals surface area (Å²) in [5.74, 6) is 0. The molecule has 0 radical (unpaired) electrons. The van der Waals surface area contributed by atoms with Gasteiger partial charge in [0.25, 0.3) is 0 Å². The molecule has 0 aromatic rings. The molecule has 0 heterocycles. The fourth-order valence-corrected chi connectivity index (χ4v) is 0. The summed E-state index contributed by atoms with van der Waals surface area (Å²) >= 11 is 0. The van der Waals surface area contributed by atoms with Crippen molar-refractivity contribution in [2.24, 2.45) is 0 Å². The van der Waals surface area contributed by atoms with Crippen LogP contribution in [0.3, 0.4) is 0 Å². The van der Waals surface area contributed by atoms with Crippen LogP contribution in [0.1, 0.15) is 64.8 Å². The van der Waals surface area contributed by atoms with E-state index in [-0.39, 0.29) is 44.6 Å². The first-order valence-electron chi connectivity index (χ1n) is 1.62. The third kappa shape index (κ3) is 8630. The van der Waals surface area contributed by atoms with Gasteiger partial charge in [-0.3, -0.25) is 0 Å². The molecule has 0 aromatic carbocycles. The molecule has 0 spiro atoms. The van der Waals surface area contributed by atoms with Crippen LogP contribution >= 0.6 is 0 Å². The summed E-state index contributed by atoms with van der Waals surface area (Å²) in [7, 11) is 0. The standard InChI is InChI=1S/C3H8.CO.6CH4/c1-3-2;1-2;;;;;;/h3H2,1-2H3;;6*1H4. The summed E-state index contributed by atoms with van der Waals surface area (Å²) in [6.07, 6.45) is 1.25. The predicted octanol–water partition coefficient (Wildman–Crippen LogP) is 5.20. The molecule has 0 saturated carbocycles. The van der Waals surface area contributed by atoms with Crippen molar-refractivity contribution in [3.63, 3.8) is 0 Å². The zero-order valence-electron chi connectivity index (χ0n) is 3.62. The van der Waals surface area contributed by atoms with E-state index in [1.54, 1.807) is 0 Å². The van der Waals surface area contributed by atoms with Gasteiger partial charge in [0, 0.05) is 0 Å². The zero-order valence-corrected chi connectivity index (χ0v) is 3.62. The monoisotopic (exact) mass is 168 g/mol. The van der Waals surface area contributed by atoms with Gasteiger partial charge in [-0.2, -0.15) is 0 Å². The Labute approximate surface area is 76.9 Å². The summed E-state index contributed by atoms with van der Waals surface area (Å²) in [6, 6.07) is 0. The van der Waals surface area contributed by atoms with Crippen LogP contribution in [0.15, 0.2) is 0 Å². The SMILES string of the molecule is C.C.C.C.C.C.CCC.[C-]#[O+]. The molecule has 0 aliphatic rings. The normalized spacial score (nSPS) is 1.82. The Balaban J connectivity index is -0.00000000181. The number of hydrogen-bond donors (Lipinski definition) is 0. The summed E-state index contributed by atoms with van der Waals surface area (Å²) in [6.45, 7) is 8.75. The van der Waals surface area contributed by atoms with E-state index in [1.807, 2.05) is 0 Å². The topological polar surface area (TPSA) is 19.9 Å². The van der Waals surface area contributed by atoms with Gasteiger partial charge in [-0.05, 0) is 0 Å². The van der Waals surface area contributed by atoms with Crippen molar-refractivity contribution in [3.05, 3.63) is 6.65 Å². The van der Waals surface area contributed by atoms with E-state index >= 15 is 0 Å². The Morgan fingerprint density at radius 1 is 0.727 bits per heavy atom. The van der Waals surface area contributed by atoms with Crippen molar-refractivity contribution in [2.45, 2.75) is 64.8 Å². The molecule has 0 aliphatic carbocycles. The fraction of sp³-hybridized carbons (Fsp3) is 0.900. The molecular formula is C10H32O. The second kappa shape index (κ2) is 1360. The average Bonchev–Trinajstić information content (AvgIpc) is 1.46.